The van der Waals surface area contributed by atoms with Crippen molar-refractivity contribution in [1.29, 1.82) is 0 Å². The number of likely N-dealkylation sites (tertiary alicyclic amines) is 1. The van der Waals surface area contributed by atoms with Gasteiger partial charge in [-0.3, -0.25) is 14.5 Å². The van der Waals surface area contributed by atoms with E-state index in [4.69, 9.17) is 4.74 Å². The molecule has 2 heterocycles. The molecule has 8 heteroatoms. The summed E-state index contributed by atoms with van der Waals surface area (Å²) in [5, 5.41) is 2.93. The number of hydrogen-bond acceptors (Lipinski definition) is 5. The van der Waals surface area contributed by atoms with Crippen LogP contribution in [0.1, 0.15) is 31.2 Å². The number of piperidine rings is 1. The fourth-order valence-electron chi connectivity index (χ4n) is 4.33. The highest BCUT2D eigenvalue weighted by Crippen LogP contribution is 2.24. The zero-order valence-corrected chi connectivity index (χ0v) is 19.0. The first-order valence-corrected chi connectivity index (χ1v) is 11.5. The number of hydrogen-bond donors (Lipinski definition) is 1. The molecule has 8 nitrogen and oxygen atoms in total. The van der Waals surface area contributed by atoms with E-state index in [1.165, 1.54) is 19.3 Å². The minimum absolute atomic E-state index is 0.136. The van der Waals surface area contributed by atoms with Gasteiger partial charge in [0.25, 0.3) is 5.91 Å². The SMILES string of the molecule is COc1ccc(CN2C(=O)N=C3C=C(C(=O)NCCCN4CCCCC4)C=CC3C2=O)cc1. The van der Waals surface area contributed by atoms with Crippen LogP contribution in [0, 0.1) is 5.92 Å². The van der Waals surface area contributed by atoms with Gasteiger partial charge in [-0.15, -0.1) is 0 Å². The first kappa shape index (κ1) is 22.9. The van der Waals surface area contributed by atoms with Crippen LogP contribution < -0.4 is 10.1 Å². The Kier molecular flexibility index (Phi) is 7.34. The highest BCUT2D eigenvalue weighted by Gasteiger charge is 2.37. The van der Waals surface area contributed by atoms with Gasteiger partial charge < -0.3 is 15.0 Å². The molecule has 0 radical (unpaired) electrons. The first-order valence-electron chi connectivity index (χ1n) is 11.5. The van der Waals surface area contributed by atoms with E-state index in [9.17, 15) is 14.4 Å². The fourth-order valence-corrected chi connectivity index (χ4v) is 4.33. The third-order valence-corrected chi connectivity index (χ3v) is 6.23. The lowest BCUT2D eigenvalue weighted by Gasteiger charge is -2.29. The maximum absolute atomic E-state index is 12.9. The smallest absolute Gasteiger partial charge is 0.350 e. The van der Waals surface area contributed by atoms with Gasteiger partial charge in [0.2, 0.25) is 5.91 Å². The van der Waals surface area contributed by atoms with Crippen LogP contribution in [0.25, 0.3) is 0 Å². The zero-order chi connectivity index (χ0) is 23.2. The van der Waals surface area contributed by atoms with Crippen LogP contribution >= 0.6 is 0 Å². The number of methoxy groups -OCH3 is 1. The standard InChI is InChI=1S/C25H30N4O4/c1-33-20-9-6-18(7-10-20)17-29-24(31)21-11-8-19(16-22(21)27-25(29)32)23(30)26-12-5-15-28-13-3-2-4-14-28/h6-11,16,21H,2-5,12-15,17H2,1H3,(H,26,30). The second-order valence-electron chi connectivity index (χ2n) is 8.54. The van der Waals surface area contributed by atoms with Gasteiger partial charge in [-0.1, -0.05) is 30.7 Å². The Balaban J connectivity index is 1.33. The summed E-state index contributed by atoms with van der Waals surface area (Å²) in [4.78, 5) is 45.7. The summed E-state index contributed by atoms with van der Waals surface area (Å²) in [7, 11) is 1.58. The average molecular weight is 451 g/mol. The van der Waals surface area contributed by atoms with Crippen LogP contribution in [0.3, 0.4) is 0 Å². The number of imide groups is 1. The molecule has 0 saturated carbocycles. The summed E-state index contributed by atoms with van der Waals surface area (Å²) < 4.78 is 5.14. The van der Waals surface area contributed by atoms with Crippen molar-refractivity contribution in [3.8, 4) is 5.75 Å². The van der Waals surface area contributed by atoms with Gasteiger partial charge in [-0.05, 0) is 62.7 Å². The topological polar surface area (TPSA) is 91.3 Å². The lowest BCUT2D eigenvalue weighted by molar-refractivity contribution is -0.130. The number of nitrogens with one attached hydrogen (secondary N) is 1. The number of carbonyl (C=O) groups excluding carboxylic acids is 3. The summed E-state index contributed by atoms with van der Waals surface area (Å²) in [5.74, 6) is -0.509. The molecule has 1 aromatic rings. The van der Waals surface area contributed by atoms with Gasteiger partial charge in [-0.2, -0.15) is 4.99 Å². The van der Waals surface area contributed by atoms with E-state index in [0.717, 1.165) is 36.5 Å². The quantitative estimate of drug-likeness (QED) is 0.615. The third-order valence-electron chi connectivity index (χ3n) is 6.23. The van der Waals surface area contributed by atoms with Gasteiger partial charge in [0.1, 0.15) is 5.75 Å². The van der Waals surface area contributed by atoms with Crippen LogP contribution in [0.15, 0.2) is 53.1 Å². The van der Waals surface area contributed by atoms with Crippen LogP contribution in [-0.4, -0.2) is 66.6 Å². The van der Waals surface area contributed by atoms with Crippen LogP contribution in [0.5, 0.6) is 5.75 Å². The van der Waals surface area contributed by atoms with Gasteiger partial charge in [0.05, 0.1) is 25.3 Å². The number of rotatable bonds is 8. The minimum atomic E-state index is -0.656. The number of allylic oxidation sites excluding steroid dienone is 1. The summed E-state index contributed by atoms with van der Waals surface area (Å²) in [5.41, 5.74) is 1.53. The Labute approximate surface area is 194 Å². The fraction of sp³-hybridized carbons (Fsp3) is 0.440. The maximum atomic E-state index is 12.9. The van der Waals surface area contributed by atoms with Crippen molar-refractivity contribution in [2.24, 2.45) is 10.9 Å². The Morgan fingerprint density at radius 3 is 2.64 bits per heavy atom. The van der Waals surface area contributed by atoms with Crippen molar-refractivity contribution < 1.29 is 19.1 Å². The predicted molar refractivity (Wildman–Crippen MR) is 125 cm³/mol. The molecular formula is C25H30N4O4. The van der Waals surface area contributed by atoms with Gasteiger partial charge in [-0.25, -0.2) is 4.79 Å². The van der Waals surface area contributed by atoms with Crippen molar-refractivity contribution in [2.75, 3.05) is 33.3 Å². The van der Waals surface area contributed by atoms with E-state index >= 15 is 0 Å². The third kappa shape index (κ3) is 5.57. The van der Waals surface area contributed by atoms with Crippen molar-refractivity contribution in [1.82, 2.24) is 15.1 Å². The lowest BCUT2D eigenvalue weighted by atomic mass is 9.91. The van der Waals surface area contributed by atoms with Crippen LogP contribution in [0.2, 0.25) is 0 Å². The highest BCUT2D eigenvalue weighted by molar-refractivity contribution is 6.23. The van der Waals surface area contributed by atoms with Gasteiger partial charge in [0.15, 0.2) is 0 Å². The average Bonchev–Trinajstić information content (AvgIpc) is 2.85. The summed E-state index contributed by atoms with van der Waals surface area (Å²) in [6.45, 7) is 3.99. The normalized spacial score (nSPS) is 20.8. The molecule has 0 spiro atoms. The van der Waals surface area contributed by atoms with E-state index in [2.05, 4.69) is 15.2 Å². The Morgan fingerprint density at radius 2 is 1.91 bits per heavy atom. The molecule has 174 valence electrons. The molecule has 1 saturated heterocycles. The molecular weight excluding hydrogens is 420 g/mol. The molecule has 0 aromatic heterocycles. The number of ether oxygens (including phenoxy) is 1. The Hall–Kier alpha value is -3.26. The Morgan fingerprint density at radius 1 is 1.15 bits per heavy atom. The van der Waals surface area contributed by atoms with Crippen LogP contribution in [0.4, 0.5) is 4.79 Å². The number of fused-ring (bicyclic) bond motifs is 1. The predicted octanol–water partition coefficient (Wildman–Crippen LogP) is 2.70. The van der Waals surface area contributed by atoms with E-state index in [1.807, 2.05) is 12.1 Å². The van der Waals surface area contributed by atoms with E-state index < -0.39 is 11.9 Å². The van der Waals surface area contributed by atoms with Crippen molar-refractivity contribution >= 4 is 23.6 Å². The monoisotopic (exact) mass is 450 g/mol. The molecule has 3 aliphatic rings. The molecule has 0 bridgehead atoms. The van der Waals surface area contributed by atoms with Crippen molar-refractivity contribution in [3.05, 3.63) is 53.6 Å². The molecule has 33 heavy (non-hydrogen) atoms. The summed E-state index contributed by atoms with van der Waals surface area (Å²) in [6.07, 6.45) is 9.54. The van der Waals surface area contributed by atoms with E-state index in [1.54, 1.807) is 37.5 Å². The maximum Gasteiger partial charge on any atom is 0.350 e. The summed E-state index contributed by atoms with van der Waals surface area (Å²) >= 11 is 0. The highest BCUT2D eigenvalue weighted by atomic mass is 16.5. The zero-order valence-electron chi connectivity index (χ0n) is 19.0. The largest absolute Gasteiger partial charge is 0.497 e. The van der Waals surface area contributed by atoms with E-state index in [0.29, 0.717) is 23.6 Å². The molecule has 1 aliphatic carbocycles. The van der Waals surface area contributed by atoms with Crippen molar-refractivity contribution in [2.45, 2.75) is 32.2 Å². The number of urea groups is 1. The second kappa shape index (κ2) is 10.6. The van der Waals surface area contributed by atoms with Gasteiger partial charge in [0, 0.05) is 12.1 Å². The van der Waals surface area contributed by atoms with E-state index in [-0.39, 0.29) is 18.4 Å². The molecule has 4 rings (SSSR count). The number of amides is 4. The summed E-state index contributed by atoms with van der Waals surface area (Å²) in [6, 6.07) is 6.56. The molecule has 2 aliphatic heterocycles. The Bertz CT molecular complexity index is 990. The molecule has 1 fully saturated rings. The molecule has 1 aromatic carbocycles. The molecule has 1 atom stereocenters. The van der Waals surface area contributed by atoms with Crippen molar-refractivity contribution in [3.63, 3.8) is 0 Å². The number of aliphatic imine (C=N–C) groups is 1. The number of nitrogens with zero attached hydrogens (tertiary/aromatic N) is 3. The molecule has 1 N–H and O–H groups in total. The lowest BCUT2D eigenvalue weighted by Crippen LogP contribution is -2.46. The number of benzene rings is 1. The minimum Gasteiger partial charge on any atom is -0.497 e. The first-order chi connectivity index (χ1) is 16.0. The van der Waals surface area contributed by atoms with Gasteiger partial charge >= 0.3 is 6.03 Å². The number of carbonyl (C=O) groups is 3. The van der Waals surface area contributed by atoms with Crippen LogP contribution in [-0.2, 0) is 16.1 Å². The molecule has 4 amide bonds. The molecule has 1 unspecified atom stereocenters. The second-order valence-corrected chi connectivity index (χ2v) is 8.54.